The van der Waals surface area contributed by atoms with Gasteiger partial charge in [0.2, 0.25) is 0 Å². The van der Waals surface area contributed by atoms with E-state index >= 15 is 0 Å². The van der Waals surface area contributed by atoms with Crippen LogP contribution in [0.3, 0.4) is 0 Å². The van der Waals surface area contributed by atoms with Gasteiger partial charge in [-0.1, -0.05) is 12.1 Å². The van der Waals surface area contributed by atoms with Crippen LogP contribution in [-0.2, 0) is 4.79 Å². The first-order chi connectivity index (χ1) is 12.2. The summed E-state index contributed by atoms with van der Waals surface area (Å²) in [4.78, 5) is 12.2. The largest absolute Gasteiger partial charge is 0.497 e. The van der Waals surface area contributed by atoms with E-state index < -0.39 is 5.91 Å². The quantitative estimate of drug-likeness (QED) is 0.647. The topological polar surface area (TPSA) is 95.1 Å². The monoisotopic (exact) mass is 333 g/mol. The van der Waals surface area contributed by atoms with Gasteiger partial charge in [0.05, 0.1) is 7.11 Å². The van der Waals surface area contributed by atoms with E-state index in [9.17, 15) is 10.1 Å². The number of benzene rings is 2. The Kier molecular flexibility index (Phi) is 6.16. The molecule has 0 saturated carbocycles. The molecule has 0 aliphatic heterocycles. The third kappa shape index (κ3) is 5.12. The molecule has 0 heterocycles. The number of carbonyl (C=O) groups excluding carboxylic acids is 1. The molecular weight excluding hydrogens is 318 g/mol. The molecular formula is C19H15N3O3. The average Bonchev–Trinajstić information content (AvgIpc) is 2.65. The number of ether oxygens (including phenoxy) is 2. The van der Waals surface area contributed by atoms with E-state index in [1.807, 2.05) is 12.1 Å². The number of nitrogens with zero attached hydrogens (tertiary/aromatic N) is 2. The van der Waals surface area contributed by atoms with Crippen molar-refractivity contribution in [1.29, 1.82) is 10.5 Å². The van der Waals surface area contributed by atoms with Crippen molar-refractivity contribution < 1.29 is 14.3 Å². The molecule has 0 unspecified atom stereocenters. The second kappa shape index (κ2) is 8.76. The van der Waals surface area contributed by atoms with Crippen LogP contribution in [0.15, 0.2) is 54.1 Å². The molecule has 25 heavy (non-hydrogen) atoms. The number of methoxy groups -OCH3 is 1. The predicted octanol–water partition coefficient (Wildman–Crippen LogP) is 3.14. The minimum Gasteiger partial charge on any atom is -0.497 e. The number of nitriles is 2. The molecule has 1 amide bonds. The van der Waals surface area contributed by atoms with E-state index in [2.05, 4.69) is 5.32 Å². The van der Waals surface area contributed by atoms with E-state index in [4.69, 9.17) is 14.7 Å². The maximum Gasteiger partial charge on any atom is 0.266 e. The van der Waals surface area contributed by atoms with E-state index in [0.717, 1.165) is 0 Å². The first-order valence-electron chi connectivity index (χ1n) is 7.33. The van der Waals surface area contributed by atoms with Crippen molar-refractivity contribution in [2.45, 2.75) is 0 Å². The van der Waals surface area contributed by atoms with Gasteiger partial charge in [0.25, 0.3) is 5.91 Å². The molecule has 0 fully saturated rings. The molecule has 6 nitrogen and oxygen atoms in total. The van der Waals surface area contributed by atoms with Crippen molar-refractivity contribution in [1.82, 2.24) is 0 Å². The van der Waals surface area contributed by atoms with Gasteiger partial charge in [-0.05, 0) is 48.0 Å². The molecule has 0 bridgehead atoms. The molecule has 2 rings (SSSR count). The summed E-state index contributed by atoms with van der Waals surface area (Å²) in [6.07, 6.45) is 1.48. The molecule has 124 valence electrons. The molecule has 1 N–H and O–H groups in total. The zero-order valence-electron chi connectivity index (χ0n) is 13.5. The Hall–Kier alpha value is -3.77. The van der Waals surface area contributed by atoms with Crippen molar-refractivity contribution >= 4 is 17.7 Å². The molecule has 0 spiro atoms. The summed E-state index contributed by atoms with van der Waals surface area (Å²) in [5, 5.41) is 20.4. The highest BCUT2D eigenvalue weighted by Crippen LogP contribution is 2.17. The summed E-state index contributed by atoms with van der Waals surface area (Å²) >= 11 is 0. The summed E-state index contributed by atoms with van der Waals surface area (Å²) in [5.41, 5.74) is 1.21. The summed E-state index contributed by atoms with van der Waals surface area (Å²) in [6, 6.07) is 17.3. The van der Waals surface area contributed by atoms with Crippen molar-refractivity contribution in [3.63, 3.8) is 0 Å². The third-order valence-electron chi connectivity index (χ3n) is 3.21. The number of hydrogen-bond donors (Lipinski definition) is 1. The maximum atomic E-state index is 12.2. The lowest BCUT2D eigenvalue weighted by Gasteiger charge is -2.06. The first kappa shape index (κ1) is 17.6. The van der Waals surface area contributed by atoms with Gasteiger partial charge >= 0.3 is 0 Å². The van der Waals surface area contributed by atoms with Gasteiger partial charge in [-0.2, -0.15) is 10.5 Å². The molecule has 6 heteroatoms. The molecule has 0 aliphatic carbocycles. The number of nitrogens with one attached hydrogen (secondary N) is 1. The van der Waals surface area contributed by atoms with Crippen molar-refractivity contribution in [3.05, 3.63) is 59.7 Å². The normalized spacial score (nSPS) is 10.3. The Balaban J connectivity index is 2.09. The highest BCUT2D eigenvalue weighted by atomic mass is 16.5. The second-order valence-electron chi connectivity index (χ2n) is 4.87. The van der Waals surface area contributed by atoms with Crippen LogP contribution >= 0.6 is 0 Å². The molecule has 0 aromatic heterocycles. The Morgan fingerprint density at radius 1 is 1.08 bits per heavy atom. The third-order valence-corrected chi connectivity index (χ3v) is 3.21. The number of carbonyl (C=O) groups is 1. The molecule has 0 radical (unpaired) electrons. The van der Waals surface area contributed by atoms with Gasteiger partial charge in [0, 0.05) is 5.69 Å². The van der Waals surface area contributed by atoms with Crippen LogP contribution in [-0.4, -0.2) is 19.6 Å². The molecule has 2 aromatic rings. The number of rotatable bonds is 6. The standard InChI is InChI=1S/C19H15N3O3/c1-24-17-8-4-16(5-9-17)22-19(23)15(13-21)12-14-2-6-18(7-3-14)25-11-10-20/h2-9,12H,11H2,1H3,(H,22,23)/b15-12+. The number of anilines is 1. The summed E-state index contributed by atoms with van der Waals surface area (Å²) in [6.45, 7) is -0.0388. The highest BCUT2D eigenvalue weighted by molar-refractivity contribution is 6.09. The Bertz CT molecular complexity index is 841. The van der Waals surface area contributed by atoms with Crippen LogP contribution < -0.4 is 14.8 Å². The fourth-order valence-corrected chi connectivity index (χ4v) is 1.96. The first-order valence-corrected chi connectivity index (χ1v) is 7.33. The summed E-state index contributed by atoms with van der Waals surface area (Å²) in [5.74, 6) is 0.713. The highest BCUT2D eigenvalue weighted by Gasteiger charge is 2.09. The fourth-order valence-electron chi connectivity index (χ4n) is 1.96. The predicted molar refractivity (Wildman–Crippen MR) is 92.8 cm³/mol. The van der Waals surface area contributed by atoms with Crippen LogP contribution in [0, 0.1) is 22.7 Å². The van der Waals surface area contributed by atoms with Crippen LogP contribution in [0.1, 0.15) is 5.56 Å². The van der Waals surface area contributed by atoms with E-state index in [0.29, 0.717) is 22.7 Å². The van der Waals surface area contributed by atoms with Gasteiger partial charge in [0.15, 0.2) is 6.61 Å². The van der Waals surface area contributed by atoms with Crippen molar-refractivity contribution in [2.24, 2.45) is 0 Å². The second-order valence-corrected chi connectivity index (χ2v) is 4.87. The van der Waals surface area contributed by atoms with E-state index in [1.54, 1.807) is 55.6 Å². The van der Waals surface area contributed by atoms with Crippen LogP contribution in [0.4, 0.5) is 5.69 Å². The van der Waals surface area contributed by atoms with E-state index in [-0.39, 0.29) is 12.2 Å². The lowest BCUT2D eigenvalue weighted by molar-refractivity contribution is -0.112. The summed E-state index contributed by atoms with van der Waals surface area (Å²) in [7, 11) is 1.56. The Labute approximate surface area is 145 Å². The lowest BCUT2D eigenvalue weighted by Crippen LogP contribution is -2.13. The maximum absolute atomic E-state index is 12.2. The molecule has 0 atom stereocenters. The van der Waals surface area contributed by atoms with Gasteiger partial charge in [-0.25, -0.2) is 0 Å². The molecule has 0 aliphatic rings. The van der Waals surface area contributed by atoms with Crippen molar-refractivity contribution in [3.8, 4) is 23.6 Å². The fraction of sp³-hybridized carbons (Fsp3) is 0.105. The van der Waals surface area contributed by atoms with Crippen molar-refractivity contribution in [2.75, 3.05) is 19.0 Å². The van der Waals surface area contributed by atoms with Crippen LogP contribution in [0.2, 0.25) is 0 Å². The van der Waals surface area contributed by atoms with Gasteiger partial charge < -0.3 is 14.8 Å². The zero-order valence-corrected chi connectivity index (χ0v) is 13.5. The van der Waals surface area contributed by atoms with E-state index in [1.165, 1.54) is 6.08 Å². The van der Waals surface area contributed by atoms with Gasteiger partial charge in [-0.3, -0.25) is 4.79 Å². The summed E-state index contributed by atoms with van der Waals surface area (Å²) < 4.78 is 10.2. The molecule has 2 aromatic carbocycles. The number of hydrogen-bond acceptors (Lipinski definition) is 5. The minimum atomic E-state index is -0.502. The zero-order chi connectivity index (χ0) is 18.1. The van der Waals surface area contributed by atoms with Crippen LogP contribution in [0.5, 0.6) is 11.5 Å². The average molecular weight is 333 g/mol. The van der Waals surface area contributed by atoms with Crippen LogP contribution in [0.25, 0.3) is 6.08 Å². The number of amides is 1. The minimum absolute atomic E-state index is 0.0264. The SMILES string of the molecule is COc1ccc(NC(=O)/C(C#N)=C/c2ccc(OCC#N)cc2)cc1. The Morgan fingerprint density at radius 3 is 2.28 bits per heavy atom. The smallest absolute Gasteiger partial charge is 0.266 e. The lowest BCUT2D eigenvalue weighted by atomic mass is 10.1. The molecule has 0 saturated heterocycles. The van der Waals surface area contributed by atoms with Gasteiger partial charge in [0.1, 0.15) is 29.2 Å². The Morgan fingerprint density at radius 2 is 1.72 bits per heavy atom. The van der Waals surface area contributed by atoms with Gasteiger partial charge in [-0.15, -0.1) is 0 Å².